The number of amidine groups is 1. The summed E-state index contributed by atoms with van der Waals surface area (Å²) in [6.45, 7) is 6.90. The van der Waals surface area contributed by atoms with Gasteiger partial charge in [0.2, 0.25) is 0 Å². The summed E-state index contributed by atoms with van der Waals surface area (Å²) < 4.78 is 54.1. The molecule has 0 radical (unpaired) electrons. The SMILES string of the molecule is COc1cccc2cc(-c3ccc(F)c([C@]4(C)CS(=O)(=O)C5(CCCC5)C(N)=N4)c3)n(C(=O)OC(C)(C)C)c12. The average molecular weight is 556 g/mol. The van der Waals surface area contributed by atoms with Crippen LogP contribution in [-0.2, 0) is 20.1 Å². The molecule has 1 saturated carbocycles. The van der Waals surface area contributed by atoms with Crippen LogP contribution in [0.1, 0.15) is 58.9 Å². The first-order valence-corrected chi connectivity index (χ1v) is 14.7. The van der Waals surface area contributed by atoms with E-state index < -0.39 is 37.6 Å². The lowest BCUT2D eigenvalue weighted by atomic mass is 9.90. The summed E-state index contributed by atoms with van der Waals surface area (Å²) in [6, 6.07) is 11.6. The molecule has 3 aromatic rings. The van der Waals surface area contributed by atoms with Crippen LogP contribution >= 0.6 is 0 Å². The Labute approximate surface area is 227 Å². The molecule has 1 aliphatic heterocycles. The molecule has 208 valence electrons. The lowest BCUT2D eigenvalue weighted by Crippen LogP contribution is -2.56. The number of ether oxygens (including phenoxy) is 2. The van der Waals surface area contributed by atoms with Crippen molar-refractivity contribution in [2.24, 2.45) is 10.7 Å². The Hall–Kier alpha value is -3.40. The van der Waals surface area contributed by atoms with Crippen LogP contribution in [0.4, 0.5) is 9.18 Å². The number of para-hydroxylation sites is 1. The topological polar surface area (TPSA) is 113 Å². The van der Waals surface area contributed by atoms with Crippen molar-refractivity contribution in [1.29, 1.82) is 0 Å². The number of aromatic nitrogens is 1. The van der Waals surface area contributed by atoms with Gasteiger partial charge in [-0.15, -0.1) is 0 Å². The lowest BCUT2D eigenvalue weighted by molar-refractivity contribution is 0.0546. The third-order valence-electron chi connectivity index (χ3n) is 7.74. The first-order valence-electron chi connectivity index (χ1n) is 13.0. The molecular weight excluding hydrogens is 521 g/mol. The number of nitrogens with two attached hydrogens (primary N) is 1. The molecule has 1 spiro atoms. The molecule has 10 heteroatoms. The fraction of sp³-hybridized carbons (Fsp3) is 0.448. The molecule has 1 aromatic heterocycles. The van der Waals surface area contributed by atoms with Crippen molar-refractivity contribution in [3.05, 3.63) is 53.8 Å². The number of sulfone groups is 1. The van der Waals surface area contributed by atoms with Crippen molar-refractivity contribution < 1.29 is 27.1 Å². The average Bonchev–Trinajstić information content (AvgIpc) is 3.48. The van der Waals surface area contributed by atoms with Crippen LogP contribution in [0.25, 0.3) is 22.2 Å². The molecule has 0 saturated heterocycles. The monoisotopic (exact) mass is 555 g/mol. The summed E-state index contributed by atoms with van der Waals surface area (Å²) in [5.41, 5.74) is 5.66. The maximum absolute atomic E-state index is 15.4. The Bertz CT molecular complexity index is 1610. The largest absolute Gasteiger partial charge is 0.495 e. The van der Waals surface area contributed by atoms with Crippen molar-refractivity contribution in [2.45, 2.75) is 69.3 Å². The number of fused-ring (bicyclic) bond motifs is 1. The van der Waals surface area contributed by atoms with Crippen molar-refractivity contribution in [2.75, 3.05) is 12.9 Å². The summed E-state index contributed by atoms with van der Waals surface area (Å²) in [6.07, 6.45) is 1.76. The molecule has 0 amide bonds. The van der Waals surface area contributed by atoms with E-state index in [-0.39, 0.29) is 17.2 Å². The predicted octanol–water partition coefficient (Wildman–Crippen LogP) is 5.55. The second kappa shape index (κ2) is 9.08. The summed E-state index contributed by atoms with van der Waals surface area (Å²) in [7, 11) is -2.20. The van der Waals surface area contributed by atoms with E-state index in [2.05, 4.69) is 4.99 Å². The van der Waals surface area contributed by atoms with Crippen LogP contribution in [0.15, 0.2) is 47.5 Å². The third kappa shape index (κ3) is 4.38. The van der Waals surface area contributed by atoms with Gasteiger partial charge in [-0.25, -0.2) is 22.2 Å². The molecule has 0 bridgehead atoms. The number of halogens is 1. The van der Waals surface area contributed by atoms with Gasteiger partial charge in [-0.2, -0.15) is 0 Å². The fourth-order valence-corrected chi connectivity index (χ4v) is 8.43. The summed E-state index contributed by atoms with van der Waals surface area (Å²) in [5.74, 6) is -0.445. The molecule has 0 unspecified atom stereocenters. The maximum atomic E-state index is 15.4. The van der Waals surface area contributed by atoms with E-state index >= 15 is 4.39 Å². The normalized spacial score (nSPS) is 22.2. The third-order valence-corrected chi connectivity index (χ3v) is 10.5. The molecule has 2 aliphatic rings. The minimum Gasteiger partial charge on any atom is -0.495 e. The molecule has 1 fully saturated rings. The lowest BCUT2D eigenvalue weighted by Gasteiger charge is -2.39. The Morgan fingerprint density at radius 2 is 1.82 bits per heavy atom. The van der Waals surface area contributed by atoms with Crippen LogP contribution in [0.2, 0.25) is 0 Å². The van der Waals surface area contributed by atoms with Crippen molar-refractivity contribution >= 4 is 32.7 Å². The van der Waals surface area contributed by atoms with Gasteiger partial charge in [0.15, 0.2) is 9.84 Å². The number of hydrogen-bond donors (Lipinski definition) is 1. The van der Waals surface area contributed by atoms with E-state index in [0.29, 0.717) is 35.4 Å². The Kier molecular flexibility index (Phi) is 6.33. The van der Waals surface area contributed by atoms with Crippen LogP contribution in [0.5, 0.6) is 5.75 Å². The number of nitrogens with zero attached hydrogens (tertiary/aromatic N) is 2. The van der Waals surface area contributed by atoms with E-state index in [9.17, 15) is 13.2 Å². The number of benzene rings is 2. The van der Waals surface area contributed by atoms with Crippen molar-refractivity contribution in [3.8, 4) is 17.0 Å². The minimum absolute atomic E-state index is 0.0474. The van der Waals surface area contributed by atoms with Crippen LogP contribution in [0, 0.1) is 5.82 Å². The van der Waals surface area contributed by atoms with Gasteiger partial charge in [0.1, 0.15) is 38.8 Å². The van der Waals surface area contributed by atoms with Crippen LogP contribution in [-0.4, -0.2) is 48.1 Å². The van der Waals surface area contributed by atoms with Gasteiger partial charge in [-0.3, -0.25) is 4.99 Å². The summed E-state index contributed by atoms with van der Waals surface area (Å²) >= 11 is 0. The van der Waals surface area contributed by atoms with Crippen LogP contribution < -0.4 is 10.5 Å². The number of aliphatic imine (C=N–C) groups is 1. The van der Waals surface area contributed by atoms with E-state index in [0.717, 1.165) is 18.2 Å². The highest BCUT2D eigenvalue weighted by Crippen LogP contribution is 2.46. The van der Waals surface area contributed by atoms with Crippen LogP contribution in [0.3, 0.4) is 0 Å². The van der Waals surface area contributed by atoms with Gasteiger partial charge >= 0.3 is 6.09 Å². The summed E-state index contributed by atoms with van der Waals surface area (Å²) in [5, 5.41) is 0.720. The molecule has 39 heavy (non-hydrogen) atoms. The molecule has 1 atom stereocenters. The highest BCUT2D eigenvalue weighted by atomic mass is 32.2. The maximum Gasteiger partial charge on any atom is 0.419 e. The van der Waals surface area contributed by atoms with Gasteiger partial charge in [0.05, 0.1) is 18.6 Å². The number of carbonyl (C=O) groups is 1. The van der Waals surface area contributed by atoms with Crippen molar-refractivity contribution in [3.63, 3.8) is 0 Å². The number of carbonyl (C=O) groups excluding carboxylic acids is 1. The fourth-order valence-electron chi connectivity index (χ4n) is 5.92. The first kappa shape index (κ1) is 27.2. The number of rotatable bonds is 3. The zero-order valence-corrected chi connectivity index (χ0v) is 23.7. The zero-order chi connectivity index (χ0) is 28.4. The van der Waals surface area contributed by atoms with Gasteiger partial charge < -0.3 is 15.2 Å². The second-order valence-corrected chi connectivity index (χ2v) is 14.0. The Morgan fingerprint density at radius 1 is 1.13 bits per heavy atom. The first-order chi connectivity index (χ1) is 18.2. The van der Waals surface area contributed by atoms with E-state index in [1.54, 1.807) is 52.0 Å². The molecule has 8 nitrogen and oxygen atoms in total. The van der Waals surface area contributed by atoms with E-state index in [4.69, 9.17) is 15.2 Å². The number of hydrogen-bond acceptors (Lipinski definition) is 7. The highest BCUT2D eigenvalue weighted by Gasteiger charge is 2.56. The number of methoxy groups -OCH3 is 1. The molecule has 5 rings (SSSR count). The standard InChI is InChI=1S/C29H34FN3O5S/c1-27(2,3)38-26(34)33-22(16-19-9-8-10-23(37-5)24(19)33)18-11-12-21(30)20(15-18)28(4)17-39(35,36)29(25(31)32-28)13-6-7-14-29/h8-12,15-16H,6-7,13-14,17H2,1-5H3,(H2,31,32)/t28-/m0/s1. The van der Waals surface area contributed by atoms with Gasteiger partial charge in [0, 0.05) is 10.9 Å². The van der Waals surface area contributed by atoms with E-state index in [1.807, 2.05) is 12.1 Å². The predicted molar refractivity (Wildman–Crippen MR) is 149 cm³/mol. The Morgan fingerprint density at radius 3 is 2.44 bits per heavy atom. The molecule has 2 N–H and O–H groups in total. The van der Waals surface area contributed by atoms with Crippen molar-refractivity contribution in [1.82, 2.24) is 4.57 Å². The van der Waals surface area contributed by atoms with E-state index in [1.165, 1.54) is 17.7 Å². The minimum atomic E-state index is -3.71. The zero-order valence-electron chi connectivity index (χ0n) is 22.9. The van der Waals surface area contributed by atoms with Gasteiger partial charge in [0.25, 0.3) is 0 Å². The molecular formula is C29H34FN3O5S. The smallest absolute Gasteiger partial charge is 0.419 e. The summed E-state index contributed by atoms with van der Waals surface area (Å²) in [4.78, 5) is 18.1. The quantitative estimate of drug-likeness (QED) is 0.453. The van der Waals surface area contributed by atoms with Gasteiger partial charge in [-0.05, 0) is 76.4 Å². The molecule has 2 aromatic carbocycles. The second-order valence-electron chi connectivity index (χ2n) is 11.7. The molecule has 1 aliphatic carbocycles. The highest BCUT2D eigenvalue weighted by molar-refractivity contribution is 7.93. The van der Waals surface area contributed by atoms with Gasteiger partial charge in [-0.1, -0.05) is 25.0 Å². The Balaban J connectivity index is 1.70. The molecule has 2 heterocycles.